The first-order valence-electron chi connectivity index (χ1n) is 8.74. The largest absolute Gasteiger partial charge is 1.00 e. The monoisotopic (exact) mass is 426 g/mol. The van der Waals surface area contributed by atoms with Crippen LogP contribution in [0.1, 0.15) is 26.7 Å². The van der Waals surface area contributed by atoms with Crippen molar-refractivity contribution < 1.29 is 34.3 Å². The van der Waals surface area contributed by atoms with E-state index in [1.54, 1.807) is 24.3 Å². The predicted molar refractivity (Wildman–Crippen MR) is 105 cm³/mol. The van der Waals surface area contributed by atoms with Gasteiger partial charge in [0, 0.05) is 37.5 Å². The first-order chi connectivity index (χ1) is 12.8. The summed E-state index contributed by atoms with van der Waals surface area (Å²) in [4.78, 5) is 5.94. The summed E-state index contributed by atoms with van der Waals surface area (Å²) in [7, 11) is 0. The Morgan fingerprint density at radius 2 is 0.929 bits per heavy atom. The molecule has 2 aromatic carbocycles. The Morgan fingerprint density at radius 3 is 1.14 bits per heavy atom. The molecule has 0 radical (unpaired) electrons. The lowest BCUT2D eigenvalue weighted by molar-refractivity contribution is -0.00100. The summed E-state index contributed by atoms with van der Waals surface area (Å²) in [6.45, 7) is 7.41. The Morgan fingerprint density at radius 1 is 0.607 bits per heavy atom. The molecule has 0 aliphatic heterocycles. The topological polar surface area (TPSA) is 74.8 Å². The van der Waals surface area contributed by atoms with Gasteiger partial charge in [-0.25, -0.2) is 0 Å². The highest BCUT2D eigenvalue weighted by atomic mass is 35.5. The molecule has 6 nitrogen and oxygen atoms in total. The van der Waals surface area contributed by atoms with Crippen molar-refractivity contribution in [2.75, 3.05) is 26.4 Å². The minimum atomic E-state index is 0. The molecule has 0 aliphatic rings. The number of benzene rings is 2. The summed E-state index contributed by atoms with van der Waals surface area (Å²) < 4.78 is 10.4. The average Bonchev–Trinajstić information content (AvgIpc) is 2.73. The highest BCUT2D eigenvalue weighted by Gasteiger charge is 1.96. The van der Waals surface area contributed by atoms with Crippen molar-refractivity contribution in [3.05, 3.63) is 70.6 Å². The molecule has 0 amide bonds. The fraction of sp³-hybridized carbons (Fsp3) is 0.400. The van der Waals surface area contributed by atoms with Crippen LogP contribution >= 0.6 is 0 Å². The van der Waals surface area contributed by atoms with Crippen molar-refractivity contribution in [2.45, 2.75) is 26.7 Å². The summed E-state index contributed by atoms with van der Waals surface area (Å²) in [6, 6.07) is 17.9. The second-order valence-corrected chi connectivity index (χ2v) is 5.10. The average molecular weight is 427 g/mol. The van der Waals surface area contributed by atoms with Crippen LogP contribution in [-0.2, 0) is 9.47 Å². The van der Waals surface area contributed by atoms with Crippen LogP contribution in [0.4, 0.5) is 11.4 Å². The van der Waals surface area contributed by atoms with Crippen molar-refractivity contribution in [1.82, 2.24) is 0 Å². The van der Waals surface area contributed by atoms with Crippen LogP contribution in [-0.4, -0.2) is 26.4 Å². The molecule has 0 saturated heterocycles. The lowest BCUT2D eigenvalue weighted by Gasteiger charge is -2.02. The lowest BCUT2D eigenvalue weighted by Crippen LogP contribution is -3.00. The first kappa shape index (κ1) is 30.5. The van der Waals surface area contributed by atoms with E-state index in [1.165, 1.54) is 0 Å². The van der Waals surface area contributed by atoms with Gasteiger partial charge in [-0.15, -0.1) is 0 Å². The fourth-order valence-corrected chi connectivity index (χ4v) is 1.60. The second-order valence-electron chi connectivity index (χ2n) is 5.10. The lowest BCUT2D eigenvalue weighted by atomic mass is 10.3. The second kappa shape index (κ2) is 24.8. The maximum Gasteiger partial charge on any atom is 0.385 e. The van der Waals surface area contributed by atoms with Crippen LogP contribution in [0.2, 0.25) is 0 Å². The van der Waals surface area contributed by atoms with Crippen LogP contribution in [0.15, 0.2) is 60.7 Å². The molecule has 0 unspecified atom stereocenters. The molecule has 0 saturated carbocycles. The number of rotatable bonds is 7. The predicted octanol–water partition coefficient (Wildman–Crippen LogP) is 0.190. The first-order valence-corrected chi connectivity index (χ1v) is 8.74. The van der Waals surface area contributed by atoms with Crippen LogP contribution < -0.4 is 24.8 Å². The summed E-state index contributed by atoms with van der Waals surface area (Å²) in [6.07, 6.45) is 2.18. The van der Waals surface area contributed by atoms with Gasteiger partial charge >= 0.3 is 11.4 Å². The molecule has 0 aromatic heterocycles. The third kappa shape index (κ3) is 20.1. The zero-order valence-corrected chi connectivity index (χ0v) is 17.9. The summed E-state index contributed by atoms with van der Waals surface area (Å²) in [5.74, 6) is 0. The van der Waals surface area contributed by atoms with E-state index in [2.05, 4.69) is 23.8 Å². The number of halogens is 2. The van der Waals surface area contributed by atoms with Gasteiger partial charge in [-0.05, 0) is 12.8 Å². The Kier molecular flexibility index (Phi) is 27.0. The maximum atomic E-state index is 8.16. The van der Waals surface area contributed by atoms with Gasteiger partial charge in [0.15, 0.2) is 9.95 Å². The minimum Gasteiger partial charge on any atom is -1.00 e. The highest BCUT2D eigenvalue weighted by Crippen LogP contribution is 2.08. The van der Waals surface area contributed by atoms with Crippen molar-refractivity contribution >= 4 is 11.4 Å². The number of ether oxygens (including phenoxy) is 2. The van der Waals surface area contributed by atoms with Gasteiger partial charge < -0.3 is 34.3 Å². The van der Waals surface area contributed by atoms with E-state index in [0.717, 1.165) is 39.3 Å². The standard InChI is InChI=1S/C8H18O2.2C6H5N2.2ClH/c1-3-5-9-7-8-10-6-4-2;2*7-8-6-4-2-1-3-5-6;;/h3-8H2,1-2H3;2*1-5H;2*1H/q;2*+1;;/p-2. The fourth-order valence-electron chi connectivity index (χ4n) is 1.60. The number of nitrogens with zero attached hydrogens (tertiary/aromatic N) is 4. The maximum absolute atomic E-state index is 8.16. The summed E-state index contributed by atoms with van der Waals surface area (Å²) >= 11 is 0. The molecule has 0 atom stereocenters. The van der Waals surface area contributed by atoms with Crippen molar-refractivity contribution in [3.8, 4) is 0 Å². The van der Waals surface area contributed by atoms with Crippen molar-refractivity contribution in [2.24, 2.45) is 0 Å². The van der Waals surface area contributed by atoms with E-state index < -0.39 is 0 Å². The Bertz CT molecular complexity index is 575. The third-order valence-corrected chi connectivity index (χ3v) is 2.81. The van der Waals surface area contributed by atoms with Crippen LogP contribution in [0.5, 0.6) is 0 Å². The Balaban J connectivity index is -0.000000325. The van der Waals surface area contributed by atoms with Crippen molar-refractivity contribution in [3.63, 3.8) is 0 Å². The zero-order chi connectivity index (χ0) is 19.3. The number of diazo groups is 2. The van der Waals surface area contributed by atoms with E-state index in [1.807, 2.05) is 36.4 Å². The molecule has 154 valence electrons. The molecule has 0 spiro atoms. The van der Waals surface area contributed by atoms with Gasteiger partial charge in [0.05, 0.1) is 13.2 Å². The Hall–Kier alpha value is -2.22. The molecule has 0 N–H and O–H groups in total. The van der Waals surface area contributed by atoms with Crippen molar-refractivity contribution in [1.29, 1.82) is 10.8 Å². The van der Waals surface area contributed by atoms with Crippen LogP contribution in [0, 0.1) is 10.8 Å². The molecular formula is C20H28Cl2N4O2. The zero-order valence-electron chi connectivity index (χ0n) is 16.4. The number of hydrogen-bond donors (Lipinski definition) is 0. The molecule has 0 bridgehead atoms. The van der Waals surface area contributed by atoms with Gasteiger partial charge in [0.25, 0.3) is 0 Å². The summed E-state index contributed by atoms with van der Waals surface area (Å²) in [5, 5.41) is 16.3. The van der Waals surface area contributed by atoms with Gasteiger partial charge in [0.1, 0.15) is 0 Å². The smallest absolute Gasteiger partial charge is 0.385 e. The normalized spacial score (nSPS) is 8.14. The quantitative estimate of drug-likeness (QED) is 0.467. The molecule has 0 aliphatic carbocycles. The van der Waals surface area contributed by atoms with Gasteiger partial charge in [-0.3, -0.25) is 0 Å². The molecular weight excluding hydrogens is 399 g/mol. The highest BCUT2D eigenvalue weighted by molar-refractivity contribution is 5.42. The molecule has 28 heavy (non-hydrogen) atoms. The van der Waals surface area contributed by atoms with Gasteiger partial charge in [-0.1, -0.05) is 50.2 Å². The molecule has 0 heterocycles. The number of hydrogen-bond acceptors (Lipinski definition) is 4. The SMILES string of the molecule is CCCOCCOCCC.N#[N+]c1ccccc1.N#[N+]c1ccccc1.[Cl-].[Cl-]. The summed E-state index contributed by atoms with van der Waals surface area (Å²) in [5.41, 5.74) is 1.18. The molecule has 0 fully saturated rings. The van der Waals surface area contributed by atoms with Gasteiger partial charge in [-0.2, -0.15) is 0 Å². The van der Waals surface area contributed by atoms with E-state index in [-0.39, 0.29) is 24.8 Å². The van der Waals surface area contributed by atoms with Gasteiger partial charge in [0.2, 0.25) is 10.8 Å². The van der Waals surface area contributed by atoms with Crippen LogP contribution in [0.25, 0.3) is 9.95 Å². The van der Waals surface area contributed by atoms with E-state index in [4.69, 9.17) is 20.3 Å². The van der Waals surface area contributed by atoms with Crippen LogP contribution in [0.3, 0.4) is 0 Å². The molecule has 2 aromatic rings. The Labute approximate surface area is 180 Å². The van der Waals surface area contributed by atoms with E-state index >= 15 is 0 Å². The minimum absolute atomic E-state index is 0. The molecule has 2 rings (SSSR count). The van der Waals surface area contributed by atoms with E-state index in [9.17, 15) is 0 Å². The molecule has 8 heteroatoms. The third-order valence-electron chi connectivity index (χ3n) is 2.81. The van der Waals surface area contributed by atoms with E-state index in [0.29, 0.717) is 11.4 Å².